The molecule has 0 radical (unpaired) electrons. The zero-order chi connectivity index (χ0) is 18.4. The van der Waals surface area contributed by atoms with E-state index >= 15 is 0 Å². The Kier molecular flexibility index (Phi) is 6.34. The predicted octanol–water partition coefficient (Wildman–Crippen LogP) is 1.65. The van der Waals surface area contributed by atoms with Gasteiger partial charge in [0.25, 0.3) is 0 Å². The first-order valence-corrected chi connectivity index (χ1v) is 11.2. The Morgan fingerprint density at radius 1 is 1.31 bits per heavy atom. The lowest BCUT2D eigenvalue weighted by Gasteiger charge is -2.22. The normalized spacial score (nSPS) is 23.6. The molecule has 7 nitrogen and oxygen atoms in total. The lowest BCUT2D eigenvalue weighted by molar-refractivity contribution is 0.148. The minimum atomic E-state index is -2.91. The number of ether oxygens (including phenoxy) is 1. The van der Waals surface area contributed by atoms with Gasteiger partial charge in [0.2, 0.25) is 5.88 Å². The van der Waals surface area contributed by atoms with Crippen molar-refractivity contribution in [3.8, 4) is 5.88 Å². The van der Waals surface area contributed by atoms with Crippen LogP contribution in [0.4, 0.5) is 0 Å². The highest BCUT2D eigenvalue weighted by Crippen LogP contribution is 2.22. The molecular weight excluding hydrogens is 352 g/mol. The molecule has 1 aliphatic carbocycles. The van der Waals surface area contributed by atoms with Crippen LogP contribution in [0.1, 0.15) is 44.1 Å². The van der Waals surface area contributed by atoms with E-state index in [9.17, 15) is 8.42 Å². The molecule has 3 rings (SSSR count). The summed E-state index contributed by atoms with van der Waals surface area (Å²) in [5.74, 6) is 1.69. The van der Waals surface area contributed by atoms with E-state index in [1.54, 1.807) is 13.2 Å². The lowest BCUT2D eigenvalue weighted by Crippen LogP contribution is -2.43. The number of nitrogens with zero attached hydrogens (tertiary/aromatic N) is 2. The highest BCUT2D eigenvalue weighted by atomic mass is 32.2. The molecule has 1 unspecified atom stereocenters. The highest BCUT2D eigenvalue weighted by molar-refractivity contribution is 7.91. The summed E-state index contributed by atoms with van der Waals surface area (Å²) in [6.45, 7) is 0.572. The van der Waals surface area contributed by atoms with Crippen LogP contribution in [-0.2, 0) is 16.4 Å². The summed E-state index contributed by atoms with van der Waals surface area (Å²) in [7, 11) is -1.22. The molecule has 144 valence electrons. The third-order valence-electron chi connectivity index (χ3n) is 4.90. The molecule has 0 bridgehead atoms. The van der Waals surface area contributed by atoms with Gasteiger partial charge in [0.1, 0.15) is 6.10 Å². The summed E-state index contributed by atoms with van der Waals surface area (Å²) >= 11 is 0. The summed E-state index contributed by atoms with van der Waals surface area (Å²) in [4.78, 5) is 8.50. The second kappa shape index (κ2) is 8.70. The molecule has 2 fully saturated rings. The number of aliphatic imine (C=N–C) groups is 1. The minimum Gasteiger partial charge on any atom is -0.474 e. The fraction of sp³-hybridized carbons (Fsp3) is 0.667. The van der Waals surface area contributed by atoms with Crippen LogP contribution in [-0.4, -0.2) is 50.1 Å². The maximum atomic E-state index is 11.6. The second-order valence-electron chi connectivity index (χ2n) is 7.05. The van der Waals surface area contributed by atoms with E-state index in [2.05, 4.69) is 20.6 Å². The number of sulfone groups is 1. The molecule has 2 N–H and O–H groups in total. The number of nitrogens with one attached hydrogen (secondary N) is 2. The zero-order valence-corrected chi connectivity index (χ0v) is 16.1. The quantitative estimate of drug-likeness (QED) is 0.596. The summed E-state index contributed by atoms with van der Waals surface area (Å²) in [6.07, 6.45) is 8.61. The summed E-state index contributed by atoms with van der Waals surface area (Å²) in [5, 5.41) is 6.42. The van der Waals surface area contributed by atoms with Crippen molar-refractivity contribution in [1.82, 2.24) is 15.6 Å². The second-order valence-corrected chi connectivity index (χ2v) is 9.28. The fourth-order valence-electron chi connectivity index (χ4n) is 3.46. The number of pyridine rings is 1. The van der Waals surface area contributed by atoms with Crippen molar-refractivity contribution in [2.75, 3.05) is 18.6 Å². The van der Waals surface area contributed by atoms with Gasteiger partial charge in [0, 0.05) is 31.9 Å². The van der Waals surface area contributed by atoms with E-state index in [1.807, 2.05) is 12.1 Å². The molecule has 1 aliphatic heterocycles. The van der Waals surface area contributed by atoms with Crippen molar-refractivity contribution in [2.24, 2.45) is 4.99 Å². The van der Waals surface area contributed by atoms with Crippen LogP contribution in [0.2, 0.25) is 0 Å². The van der Waals surface area contributed by atoms with Crippen LogP contribution in [0.3, 0.4) is 0 Å². The number of rotatable bonds is 5. The van der Waals surface area contributed by atoms with Crippen molar-refractivity contribution in [3.05, 3.63) is 23.9 Å². The van der Waals surface area contributed by atoms with E-state index in [0.29, 0.717) is 24.8 Å². The summed E-state index contributed by atoms with van der Waals surface area (Å²) in [6, 6.07) is 3.82. The Morgan fingerprint density at radius 3 is 2.81 bits per heavy atom. The van der Waals surface area contributed by atoms with Crippen molar-refractivity contribution < 1.29 is 13.2 Å². The minimum absolute atomic E-state index is 0.0752. The van der Waals surface area contributed by atoms with Crippen molar-refractivity contribution in [1.29, 1.82) is 0 Å². The number of aromatic nitrogens is 1. The van der Waals surface area contributed by atoms with Gasteiger partial charge in [-0.1, -0.05) is 6.42 Å². The Hall–Kier alpha value is -1.83. The van der Waals surface area contributed by atoms with Gasteiger partial charge in [-0.2, -0.15) is 0 Å². The van der Waals surface area contributed by atoms with Gasteiger partial charge in [-0.25, -0.2) is 13.4 Å². The molecule has 0 spiro atoms. The molecule has 1 saturated heterocycles. The smallest absolute Gasteiger partial charge is 0.213 e. The van der Waals surface area contributed by atoms with E-state index in [-0.39, 0.29) is 23.7 Å². The van der Waals surface area contributed by atoms with Crippen molar-refractivity contribution in [2.45, 2.75) is 57.2 Å². The van der Waals surface area contributed by atoms with Gasteiger partial charge in [-0.15, -0.1) is 0 Å². The average molecular weight is 381 g/mol. The first kappa shape index (κ1) is 18.9. The SMILES string of the molecule is CN=C(NCc1ccnc(OC2CCCCC2)c1)NC1CCS(=O)(=O)C1. The van der Waals surface area contributed by atoms with Gasteiger partial charge in [-0.3, -0.25) is 4.99 Å². The topological polar surface area (TPSA) is 92.7 Å². The van der Waals surface area contributed by atoms with Crippen LogP contribution in [0.25, 0.3) is 0 Å². The van der Waals surface area contributed by atoms with E-state index in [4.69, 9.17) is 4.74 Å². The number of hydrogen-bond donors (Lipinski definition) is 2. The molecule has 26 heavy (non-hydrogen) atoms. The monoisotopic (exact) mass is 380 g/mol. The molecule has 1 atom stereocenters. The molecule has 1 aromatic rings. The summed E-state index contributed by atoms with van der Waals surface area (Å²) < 4.78 is 29.1. The average Bonchev–Trinajstić information content (AvgIpc) is 2.98. The molecule has 8 heteroatoms. The van der Waals surface area contributed by atoms with Gasteiger partial charge in [-0.05, 0) is 43.7 Å². The molecule has 2 heterocycles. The Bertz CT molecular complexity index is 730. The molecule has 1 aromatic heterocycles. The molecule has 2 aliphatic rings. The van der Waals surface area contributed by atoms with E-state index in [0.717, 1.165) is 18.4 Å². The first-order chi connectivity index (χ1) is 12.5. The van der Waals surface area contributed by atoms with Crippen LogP contribution in [0.5, 0.6) is 5.88 Å². The summed E-state index contributed by atoms with van der Waals surface area (Å²) in [5.41, 5.74) is 1.05. The fourth-order valence-corrected chi connectivity index (χ4v) is 5.13. The number of hydrogen-bond acceptors (Lipinski definition) is 5. The van der Waals surface area contributed by atoms with Crippen LogP contribution >= 0.6 is 0 Å². The molecule has 0 amide bonds. The van der Waals surface area contributed by atoms with Crippen LogP contribution < -0.4 is 15.4 Å². The molecule has 0 aromatic carbocycles. The Balaban J connectivity index is 1.50. The largest absolute Gasteiger partial charge is 0.474 e. The number of guanidine groups is 1. The Morgan fingerprint density at radius 2 is 2.12 bits per heavy atom. The highest BCUT2D eigenvalue weighted by Gasteiger charge is 2.28. The maximum absolute atomic E-state index is 11.6. The molecule has 1 saturated carbocycles. The van der Waals surface area contributed by atoms with Crippen molar-refractivity contribution >= 4 is 15.8 Å². The molecular formula is C18H28N4O3S. The third-order valence-corrected chi connectivity index (χ3v) is 6.66. The third kappa shape index (κ3) is 5.59. The van der Waals surface area contributed by atoms with Crippen LogP contribution in [0, 0.1) is 0 Å². The standard InChI is InChI=1S/C18H28N4O3S/c1-19-18(22-15-8-10-26(23,24)13-15)21-12-14-7-9-20-17(11-14)25-16-5-3-2-4-6-16/h7,9,11,15-16H,2-6,8,10,12-13H2,1H3,(H2,19,21,22). The van der Waals surface area contributed by atoms with Gasteiger partial charge >= 0.3 is 0 Å². The van der Waals surface area contributed by atoms with Gasteiger partial charge in [0.15, 0.2) is 15.8 Å². The maximum Gasteiger partial charge on any atom is 0.213 e. The van der Waals surface area contributed by atoms with Gasteiger partial charge in [0.05, 0.1) is 11.5 Å². The first-order valence-electron chi connectivity index (χ1n) is 9.33. The lowest BCUT2D eigenvalue weighted by atomic mass is 9.98. The van der Waals surface area contributed by atoms with Crippen molar-refractivity contribution in [3.63, 3.8) is 0 Å². The predicted molar refractivity (Wildman–Crippen MR) is 102 cm³/mol. The van der Waals surface area contributed by atoms with E-state index in [1.165, 1.54) is 19.3 Å². The Labute approximate surface area is 155 Å². The van der Waals surface area contributed by atoms with E-state index < -0.39 is 9.84 Å². The van der Waals surface area contributed by atoms with Crippen LogP contribution in [0.15, 0.2) is 23.3 Å². The van der Waals surface area contributed by atoms with Gasteiger partial charge < -0.3 is 15.4 Å². The zero-order valence-electron chi connectivity index (χ0n) is 15.3.